The highest BCUT2D eigenvalue weighted by Crippen LogP contribution is 2.41. The maximum absolute atomic E-state index is 12.3. The van der Waals surface area contributed by atoms with Crippen molar-refractivity contribution in [1.29, 1.82) is 0 Å². The molecule has 0 bridgehead atoms. The molecule has 2 heterocycles. The van der Waals surface area contributed by atoms with Crippen LogP contribution in [0.25, 0.3) is 0 Å². The standard InChI is InChI=1S/C18H22N2O5/c1-11(21)20-7-14(12-2-3-12)15(8-20)19-18(22)9-23-13-4-5-16-17(6-13)25-10-24-16/h4-6,12,14-15H,2-3,7-10H2,1H3,(H,19,22)/t14-,15+/m1/s1. The van der Waals surface area contributed by atoms with Gasteiger partial charge in [-0.05, 0) is 30.9 Å². The van der Waals surface area contributed by atoms with Crippen molar-refractivity contribution in [3.05, 3.63) is 18.2 Å². The minimum atomic E-state index is -0.168. The molecule has 4 rings (SSSR count). The smallest absolute Gasteiger partial charge is 0.258 e. The summed E-state index contributed by atoms with van der Waals surface area (Å²) in [6.07, 6.45) is 2.38. The van der Waals surface area contributed by atoms with Crippen molar-refractivity contribution in [2.24, 2.45) is 11.8 Å². The zero-order valence-corrected chi connectivity index (χ0v) is 14.2. The molecule has 7 nitrogen and oxygen atoms in total. The Labute approximate surface area is 146 Å². The molecule has 1 aromatic rings. The number of hydrogen-bond acceptors (Lipinski definition) is 5. The second kappa shape index (κ2) is 6.46. The van der Waals surface area contributed by atoms with E-state index in [1.54, 1.807) is 25.1 Å². The third kappa shape index (κ3) is 3.50. The van der Waals surface area contributed by atoms with Crippen LogP contribution < -0.4 is 19.5 Å². The molecule has 2 aliphatic heterocycles. The van der Waals surface area contributed by atoms with Crippen LogP contribution in [0, 0.1) is 11.8 Å². The van der Waals surface area contributed by atoms with Crippen molar-refractivity contribution >= 4 is 11.8 Å². The average Bonchev–Trinajstić information content (AvgIpc) is 3.17. The Bertz CT molecular complexity index is 688. The average molecular weight is 346 g/mol. The Hall–Kier alpha value is -2.44. The number of nitrogens with zero attached hydrogens (tertiary/aromatic N) is 1. The molecule has 134 valence electrons. The lowest BCUT2D eigenvalue weighted by molar-refractivity contribution is -0.128. The van der Waals surface area contributed by atoms with E-state index in [-0.39, 0.29) is 31.3 Å². The number of benzene rings is 1. The fourth-order valence-electron chi connectivity index (χ4n) is 3.60. The van der Waals surface area contributed by atoms with Gasteiger partial charge in [0.15, 0.2) is 18.1 Å². The second-order valence-corrected chi connectivity index (χ2v) is 6.90. The van der Waals surface area contributed by atoms with Gasteiger partial charge in [0.2, 0.25) is 12.7 Å². The second-order valence-electron chi connectivity index (χ2n) is 6.90. The largest absolute Gasteiger partial charge is 0.484 e. The maximum atomic E-state index is 12.3. The van der Waals surface area contributed by atoms with Crippen molar-refractivity contribution in [2.45, 2.75) is 25.8 Å². The lowest BCUT2D eigenvalue weighted by Gasteiger charge is -2.19. The van der Waals surface area contributed by atoms with Gasteiger partial charge in [-0.15, -0.1) is 0 Å². The topological polar surface area (TPSA) is 77.1 Å². The fraction of sp³-hybridized carbons (Fsp3) is 0.556. The molecule has 1 saturated carbocycles. The normalized spacial score (nSPS) is 24.3. The van der Waals surface area contributed by atoms with E-state index < -0.39 is 0 Å². The molecule has 2 amide bonds. The van der Waals surface area contributed by atoms with Gasteiger partial charge in [0, 0.05) is 32.0 Å². The summed E-state index contributed by atoms with van der Waals surface area (Å²) in [5.41, 5.74) is 0. The van der Waals surface area contributed by atoms with Crippen LogP contribution in [0.15, 0.2) is 18.2 Å². The van der Waals surface area contributed by atoms with Crippen molar-refractivity contribution in [3.63, 3.8) is 0 Å². The number of fused-ring (bicyclic) bond motifs is 1. The first-order valence-electron chi connectivity index (χ1n) is 8.67. The van der Waals surface area contributed by atoms with E-state index in [1.165, 1.54) is 12.8 Å². The number of amides is 2. The molecule has 1 saturated heterocycles. The van der Waals surface area contributed by atoms with Gasteiger partial charge in [-0.2, -0.15) is 0 Å². The van der Waals surface area contributed by atoms with E-state index in [2.05, 4.69) is 5.32 Å². The Kier molecular flexibility index (Phi) is 4.15. The van der Waals surface area contributed by atoms with Crippen molar-refractivity contribution in [1.82, 2.24) is 10.2 Å². The molecule has 7 heteroatoms. The van der Waals surface area contributed by atoms with E-state index in [0.717, 1.165) is 6.54 Å². The van der Waals surface area contributed by atoms with Crippen LogP contribution in [-0.4, -0.2) is 49.2 Å². The number of hydrogen-bond donors (Lipinski definition) is 1. The fourth-order valence-corrected chi connectivity index (χ4v) is 3.60. The highest BCUT2D eigenvalue weighted by atomic mass is 16.7. The maximum Gasteiger partial charge on any atom is 0.258 e. The summed E-state index contributed by atoms with van der Waals surface area (Å²) in [6.45, 7) is 3.06. The summed E-state index contributed by atoms with van der Waals surface area (Å²) in [7, 11) is 0. The minimum Gasteiger partial charge on any atom is -0.484 e. The molecule has 0 unspecified atom stereocenters. The first-order chi connectivity index (χ1) is 12.1. The van der Waals surface area contributed by atoms with Gasteiger partial charge in [-0.25, -0.2) is 0 Å². The molecular weight excluding hydrogens is 324 g/mol. The molecule has 2 atom stereocenters. The monoisotopic (exact) mass is 346 g/mol. The lowest BCUT2D eigenvalue weighted by Crippen LogP contribution is -2.43. The van der Waals surface area contributed by atoms with Gasteiger partial charge in [0.25, 0.3) is 5.91 Å². The van der Waals surface area contributed by atoms with Gasteiger partial charge in [-0.1, -0.05) is 0 Å². The summed E-state index contributed by atoms with van der Waals surface area (Å²) >= 11 is 0. The number of nitrogens with one attached hydrogen (secondary N) is 1. The molecule has 3 aliphatic rings. The van der Waals surface area contributed by atoms with Crippen LogP contribution in [-0.2, 0) is 9.59 Å². The van der Waals surface area contributed by atoms with Crippen LogP contribution in [0.3, 0.4) is 0 Å². The van der Waals surface area contributed by atoms with E-state index >= 15 is 0 Å². The minimum absolute atomic E-state index is 0.0178. The predicted octanol–water partition coefficient (Wildman–Crippen LogP) is 1.17. The SMILES string of the molecule is CC(=O)N1C[C@H](NC(=O)COc2ccc3c(c2)OCO3)[C@@H](C2CC2)C1. The van der Waals surface area contributed by atoms with Crippen LogP contribution >= 0.6 is 0 Å². The third-order valence-corrected chi connectivity index (χ3v) is 5.10. The van der Waals surface area contributed by atoms with Crippen molar-refractivity contribution < 1.29 is 23.8 Å². The van der Waals surface area contributed by atoms with Gasteiger partial charge >= 0.3 is 0 Å². The van der Waals surface area contributed by atoms with E-state index in [9.17, 15) is 9.59 Å². The molecule has 1 aliphatic carbocycles. The lowest BCUT2D eigenvalue weighted by atomic mass is 9.98. The summed E-state index contributed by atoms with van der Waals surface area (Å²) in [4.78, 5) is 25.7. The number of carbonyl (C=O) groups is 2. The van der Waals surface area contributed by atoms with Gasteiger partial charge in [-0.3, -0.25) is 9.59 Å². The van der Waals surface area contributed by atoms with E-state index in [1.807, 2.05) is 4.90 Å². The highest BCUT2D eigenvalue weighted by Gasteiger charge is 2.43. The molecule has 25 heavy (non-hydrogen) atoms. The molecule has 0 radical (unpaired) electrons. The zero-order valence-electron chi connectivity index (χ0n) is 14.2. The summed E-state index contributed by atoms with van der Waals surface area (Å²) in [5, 5.41) is 3.04. The van der Waals surface area contributed by atoms with Gasteiger partial charge in [0.05, 0.1) is 6.04 Å². The first kappa shape index (κ1) is 16.1. The molecule has 1 aromatic carbocycles. The number of rotatable bonds is 5. The van der Waals surface area contributed by atoms with Gasteiger partial charge in [0.1, 0.15) is 5.75 Å². The molecular formula is C18H22N2O5. The Morgan fingerprint density at radius 3 is 2.80 bits per heavy atom. The Morgan fingerprint density at radius 2 is 2.04 bits per heavy atom. The summed E-state index contributed by atoms with van der Waals surface area (Å²) < 4.78 is 16.1. The molecule has 0 aromatic heterocycles. The number of likely N-dealkylation sites (tertiary alicyclic amines) is 1. The van der Waals surface area contributed by atoms with Crippen LogP contribution in [0.1, 0.15) is 19.8 Å². The summed E-state index contributed by atoms with van der Waals surface area (Å²) in [6, 6.07) is 5.25. The van der Waals surface area contributed by atoms with Crippen LogP contribution in [0.4, 0.5) is 0 Å². The van der Waals surface area contributed by atoms with Gasteiger partial charge < -0.3 is 24.4 Å². The Balaban J connectivity index is 1.31. The van der Waals surface area contributed by atoms with Crippen molar-refractivity contribution in [3.8, 4) is 17.2 Å². The van der Waals surface area contributed by atoms with E-state index in [4.69, 9.17) is 14.2 Å². The van der Waals surface area contributed by atoms with Crippen LogP contribution in [0.5, 0.6) is 17.2 Å². The predicted molar refractivity (Wildman–Crippen MR) is 88.5 cm³/mol. The molecule has 0 spiro atoms. The zero-order chi connectivity index (χ0) is 17.4. The quantitative estimate of drug-likeness (QED) is 0.866. The van der Waals surface area contributed by atoms with E-state index in [0.29, 0.717) is 35.6 Å². The number of ether oxygens (including phenoxy) is 3. The third-order valence-electron chi connectivity index (χ3n) is 5.10. The number of carbonyl (C=O) groups excluding carboxylic acids is 2. The Morgan fingerprint density at radius 1 is 1.24 bits per heavy atom. The summed E-state index contributed by atoms with van der Waals surface area (Å²) in [5.74, 6) is 2.76. The highest BCUT2D eigenvalue weighted by molar-refractivity contribution is 5.78. The molecule has 2 fully saturated rings. The molecule has 1 N–H and O–H groups in total. The van der Waals surface area contributed by atoms with Crippen molar-refractivity contribution in [2.75, 3.05) is 26.5 Å². The van der Waals surface area contributed by atoms with Crippen LogP contribution in [0.2, 0.25) is 0 Å². The first-order valence-corrected chi connectivity index (χ1v) is 8.67.